The summed E-state index contributed by atoms with van der Waals surface area (Å²) in [6.07, 6.45) is 3.99. The number of carbonyl (C=O) groups excluding carboxylic acids is 1. The highest BCUT2D eigenvalue weighted by molar-refractivity contribution is 7.89. The standard InChI is InChI=1S/C20H28Cl2N2O4S/c1-2-13-28-16-5-4-10-23(14-16)20(25)15-8-11-24(12-9-15)29(26,27)19-17(21)6-3-7-18(19)22/h3,6-7,15-16H,2,4-5,8-14H2,1H3. The molecule has 1 atom stereocenters. The van der Waals surface area contributed by atoms with Crippen molar-refractivity contribution in [3.63, 3.8) is 0 Å². The molecule has 0 spiro atoms. The number of hydrogen-bond donors (Lipinski definition) is 0. The van der Waals surface area contributed by atoms with Crippen LogP contribution in [0.15, 0.2) is 23.1 Å². The van der Waals surface area contributed by atoms with E-state index in [-0.39, 0.29) is 46.0 Å². The second kappa shape index (κ2) is 9.96. The molecule has 1 aromatic carbocycles. The fraction of sp³-hybridized carbons (Fsp3) is 0.650. The highest BCUT2D eigenvalue weighted by atomic mass is 35.5. The summed E-state index contributed by atoms with van der Waals surface area (Å²) in [6, 6.07) is 4.65. The normalized spacial score (nSPS) is 22.0. The van der Waals surface area contributed by atoms with Crippen molar-refractivity contribution in [2.45, 2.75) is 50.0 Å². The summed E-state index contributed by atoms with van der Waals surface area (Å²) in [5.41, 5.74) is 0. The number of likely N-dealkylation sites (tertiary alicyclic amines) is 1. The fourth-order valence-corrected chi connectivity index (χ4v) is 6.58. The van der Waals surface area contributed by atoms with Gasteiger partial charge in [0.1, 0.15) is 4.90 Å². The summed E-state index contributed by atoms with van der Waals surface area (Å²) < 4.78 is 33.2. The summed E-state index contributed by atoms with van der Waals surface area (Å²) in [5, 5.41) is 0.226. The highest BCUT2D eigenvalue weighted by Gasteiger charge is 2.36. The van der Waals surface area contributed by atoms with Crippen molar-refractivity contribution in [2.24, 2.45) is 5.92 Å². The molecule has 0 aliphatic carbocycles. The number of sulfonamides is 1. The number of benzene rings is 1. The number of ether oxygens (including phenoxy) is 1. The van der Waals surface area contributed by atoms with Gasteiger partial charge in [0.25, 0.3) is 0 Å². The van der Waals surface area contributed by atoms with Crippen molar-refractivity contribution < 1.29 is 17.9 Å². The lowest BCUT2D eigenvalue weighted by molar-refractivity contribution is -0.140. The van der Waals surface area contributed by atoms with Crippen LogP contribution in [0.5, 0.6) is 0 Å². The monoisotopic (exact) mass is 462 g/mol. The average Bonchev–Trinajstić information content (AvgIpc) is 2.71. The molecule has 0 aromatic heterocycles. The Morgan fingerprint density at radius 3 is 2.41 bits per heavy atom. The van der Waals surface area contributed by atoms with Crippen molar-refractivity contribution in [1.82, 2.24) is 9.21 Å². The van der Waals surface area contributed by atoms with Crippen LogP contribution in [0.25, 0.3) is 0 Å². The van der Waals surface area contributed by atoms with Gasteiger partial charge in [-0.05, 0) is 44.2 Å². The quantitative estimate of drug-likeness (QED) is 0.644. The van der Waals surface area contributed by atoms with Crippen LogP contribution in [0.4, 0.5) is 0 Å². The second-order valence-electron chi connectivity index (χ2n) is 7.65. The van der Waals surface area contributed by atoms with Gasteiger partial charge >= 0.3 is 0 Å². The van der Waals surface area contributed by atoms with E-state index in [1.54, 1.807) is 6.07 Å². The molecule has 1 amide bonds. The molecule has 2 saturated heterocycles. The van der Waals surface area contributed by atoms with E-state index in [0.717, 1.165) is 25.8 Å². The molecule has 29 heavy (non-hydrogen) atoms. The van der Waals surface area contributed by atoms with E-state index >= 15 is 0 Å². The van der Waals surface area contributed by atoms with Crippen LogP contribution in [0.2, 0.25) is 10.0 Å². The molecule has 2 aliphatic rings. The molecule has 162 valence electrons. The first-order chi connectivity index (χ1) is 13.8. The molecular weight excluding hydrogens is 435 g/mol. The van der Waals surface area contributed by atoms with Crippen LogP contribution >= 0.6 is 23.2 Å². The van der Waals surface area contributed by atoms with Crippen LogP contribution in [0.3, 0.4) is 0 Å². The Bertz CT molecular complexity index is 806. The maximum absolute atomic E-state index is 13.0. The Balaban J connectivity index is 1.61. The first-order valence-corrected chi connectivity index (χ1v) is 12.4. The van der Waals surface area contributed by atoms with E-state index in [2.05, 4.69) is 6.92 Å². The molecule has 6 nitrogen and oxygen atoms in total. The zero-order chi connectivity index (χ0) is 21.0. The number of rotatable bonds is 6. The van der Waals surface area contributed by atoms with E-state index in [1.807, 2.05) is 4.90 Å². The molecule has 0 radical (unpaired) electrons. The molecule has 3 rings (SSSR count). The molecule has 2 fully saturated rings. The van der Waals surface area contributed by atoms with Crippen LogP contribution < -0.4 is 0 Å². The highest BCUT2D eigenvalue weighted by Crippen LogP contribution is 2.33. The molecule has 2 aliphatic heterocycles. The molecule has 0 saturated carbocycles. The maximum Gasteiger partial charge on any atom is 0.246 e. The number of piperidine rings is 2. The molecule has 1 unspecified atom stereocenters. The fourth-order valence-electron chi connectivity index (χ4n) is 4.02. The van der Waals surface area contributed by atoms with Crippen LogP contribution in [-0.2, 0) is 19.6 Å². The van der Waals surface area contributed by atoms with Crippen molar-refractivity contribution in [2.75, 3.05) is 32.8 Å². The first-order valence-electron chi connectivity index (χ1n) is 10.2. The molecule has 9 heteroatoms. The van der Waals surface area contributed by atoms with E-state index in [0.29, 0.717) is 26.0 Å². The van der Waals surface area contributed by atoms with Crippen molar-refractivity contribution >= 4 is 39.1 Å². The van der Waals surface area contributed by atoms with Gasteiger partial charge in [-0.15, -0.1) is 0 Å². The third kappa shape index (κ3) is 5.25. The minimum atomic E-state index is -3.79. The Morgan fingerprint density at radius 2 is 1.79 bits per heavy atom. The van der Waals surface area contributed by atoms with Gasteiger partial charge in [-0.3, -0.25) is 4.79 Å². The van der Waals surface area contributed by atoms with Crippen LogP contribution in [0.1, 0.15) is 39.0 Å². The van der Waals surface area contributed by atoms with E-state index in [9.17, 15) is 13.2 Å². The van der Waals surface area contributed by atoms with E-state index in [1.165, 1.54) is 16.4 Å². The lowest BCUT2D eigenvalue weighted by Crippen LogP contribution is -2.48. The van der Waals surface area contributed by atoms with Gasteiger partial charge in [-0.2, -0.15) is 4.31 Å². The Morgan fingerprint density at radius 1 is 1.14 bits per heavy atom. The molecule has 0 bridgehead atoms. The van der Waals surface area contributed by atoms with Crippen molar-refractivity contribution in [1.29, 1.82) is 0 Å². The molecule has 1 aromatic rings. The van der Waals surface area contributed by atoms with E-state index in [4.69, 9.17) is 27.9 Å². The lowest BCUT2D eigenvalue weighted by Gasteiger charge is -2.37. The summed E-state index contributed by atoms with van der Waals surface area (Å²) in [5.74, 6) is -0.0456. The summed E-state index contributed by atoms with van der Waals surface area (Å²) >= 11 is 12.2. The number of carbonyl (C=O) groups is 1. The minimum absolute atomic E-state index is 0.0555. The van der Waals surface area contributed by atoms with Gasteiger partial charge in [-0.25, -0.2) is 8.42 Å². The van der Waals surface area contributed by atoms with Gasteiger partial charge < -0.3 is 9.64 Å². The Hall–Kier alpha value is -0.860. The van der Waals surface area contributed by atoms with Gasteiger partial charge in [0.05, 0.1) is 16.1 Å². The smallest absolute Gasteiger partial charge is 0.246 e. The predicted molar refractivity (Wildman–Crippen MR) is 114 cm³/mol. The molecular formula is C20H28Cl2N2O4S. The summed E-state index contributed by atoms with van der Waals surface area (Å²) in [7, 11) is -3.79. The molecule has 0 N–H and O–H groups in total. The predicted octanol–water partition coefficient (Wildman–Crippen LogP) is 3.81. The van der Waals surface area contributed by atoms with Gasteiger partial charge in [-0.1, -0.05) is 36.2 Å². The number of halogens is 2. The topological polar surface area (TPSA) is 66.9 Å². The Labute approximate surface area is 183 Å². The summed E-state index contributed by atoms with van der Waals surface area (Å²) in [4.78, 5) is 14.8. The zero-order valence-corrected chi connectivity index (χ0v) is 19.0. The van der Waals surface area contributed by atoms with Crippen LogP contribution in [-0.4, -0.2) is 62.4 Å². The second-order valence-corrected chi connectivity index (χ2v) is 10.3. The number of nitrogens with zero attached hydrogens (tertiary/aromatic N) is 2. The van der Waals surface area contributed by atoms with Gasteiger partial charge in [0, 0.05) is 38.7 Å². The third-order valence-corrected chi connectivity index (χ3v) is 8.42. The molecule has 2 heterocycles. The van der Waals surface area contributed by atoms with Crippen molar-refractivity contribution in [3.8, 4) is 0 Å². The summed E-state index contributed by atoms with van der Waals surface area (Å²) in [6.45, 7) is 4.73. The van der Waals surface area contributed by atoms with Gasteiger partial charge in [0.15, 0.2) is 0 Å². The van der Waals surface area contributed by atoms with Crippen molar-refractivity contribution in [3.05, 3.63) is 28.2 Å². The number of hydrogen-bond acceptors (Lipinski definition) is 4. The first kappa shape index (κ1) is 22.8. The minimum Gasteiger partial charge on any atom is -0.376 e. The zero-order valence-electron chi connectivity index (χ0n) is 16.6. The maximum atomic E-state index is 13.0. The van der Waals surface area contributed by atoms with E-state index < -0.39 is 10.0 Å². The van der Waals surface area contributed by atoms with Gasteiger partial charge in [0.2, 0.25) is 15.9 Å². The lowest BCUT2D eigenvalue weighted by atomic mass is 9.95. The third-order valence-electron chi connectivity index (χ3n) is 5.57. The SMILES string of the molecule is CCCOC1CCCN(C(=O)C2CCN(S(=O)(=O)c3c(Cl)cccc3Cl)CC2)C1. The van der Waals surface area contributed by atoms with Crippen LogP contribution in [0, 0.1) is 5.92 Å². The average molecular weight is 463 g/mol. The Kier molecular flexibility index (Phi) is 7.84. The number of amides is 1. The largest absolute Gasteiger partial charge is 0.376 e.